The Labute approximate surface area is 148 Å². The minimum Gasteiger partial charge on any atom is -0.351 e. The highest BCUT2D eigenvalue weighted by molar-refractivity contribution is 7.99. The van der Waals surface area contributed by atoms with Gasteiger partial charge in [0.05, 0.1) is 5.75 Å². The Balaban J connectivity index is 1.48. The van der Waals surface area contributed by atoms with Gasteiger partial charge in [0, 0.05) is 24.0 Å². The van der Waals surface area contributed by atoms with E-state index in [0.717, 1.165) is 5.56 Å². The predicted octanol–water partition coefficient (Wildman–Crippen LogP) is 2.72. The molecule has 0 aliphatic rings. The second-order valence-corrected chi connectivity index (χ2v) is 6.24. The molecule has 0 fully saturated rings. The molecule has 3 aromatic rings. The lowest BCUT2D eigenvalue weighted by Crippen LogP contribution is -2.24. The molecule has 0 aliphatic heterocycles. The van der Waals surface area contributed by atoms with Gasteiger partial charge in [0.15, 0.2) is 5.82 Å². The van der Waals surface area contributed by atoms with E-state index < -0.39 is 0 Å². The van der Waals surface area contributed by atoms with Crippen LogP contribution in [0.5, 0.6) is 0 Å². The average molecular weight is 360 g/mol. The molecule has 1 aromatic carbocycles. The standard InChI is InChI=1S/C16H14ClN5OS/c17-13-5-2-1-4-12(13)10-18-15(23)11-24-16-7-6-14(20-21-16)22-9-3-8-19-22/h1-9H,10-11H2,(H,18,23). The number of rotatable bonds is 6. The first-order valence-corrected chi connectivity index (χ1v) is 8.55. The van der Waals surface area contributed by atoms with Crippen LogP contribution < -0.4 is 5.32 Å². The van der Waals surface area contributed by atoms with Gasteiger partial charge in [0.1, 0.15) is 5.03 Å². The summed E-state index contributed by atoms with van der Waals surface area (Å²) in [6.45, 7) is 0.406. The van der Waals surface area contributed by atoms with E-state index in [1.807, 2.05) is 36.4 Å². The van der Waals surface area contributed by atoms with Crippen LogP contribution in [0.25, 0.3) is 5.82 Å². The SMILES string of the molecule is O=C(CSc1ccc(-n2cccn2)nn1)NCc1ccccc1Cl. The van der Waals surface area contributed by atoms with Crippen LogP contribution >= 0.6 is 23.4 Å². The number of aromatic nitrogens is 4. The Kier molecular flexibility index (Phi) is 5.45. The van der Waals surface area contributed by atoms with Crippen LogP contribution in [0, 0.1) is 0 Å². The highest BCUT2D eigenvalue weighted by Crippen LogP contribution is 2.16. The zero-order valence-electron chi connectivity index (χ0n) is 12.6. The summed E-state index contributed by atoms with van der Waals surface area (Å²) >= 11 is 7.38. The van der Waals surface area contributed by atoms with E-state index in [-0.39, 0.29) is 11.7 Å². The van der Waals surface area contributed by atoms with Crippen molar-refractivity contribution < 1.29 is 4.79 Å². The number of amides is 1. The summed E-state index contributed by atoms with van der Waals surface area (Å²) < 4.78 is 1.62. The monoisotopic (exact) mass is 359 g/mol. The van der Waals surface area contributed by atoms with Crippen LogP contribution in [-0.2, 0) is 11.3 Å². The molecule has 1 N–H and O–H groups in total. The number of hydrogen-bond acceptors (Lipinski definition) is 5. The van der Waals surface area contributed by atoms with Gasteiger partial charge in [-0.25, -0.2) is 4.68 Å². The normalized spacial score (nSPS) is 10.5. The van der Waals surface area contributed by atoms with Crippen LogP contribution in [0.1, 0.15) is 5.56 Å². The lowest BCUT2D eigenvalue weighted by Gasteiger charge is -2.06. The van der Waals surface area contributed by atoms with Crippen LogP contribution in [0.2, 0.25) is 5.02 Å². The van der Waals surface area contributed by atoms with E-state index in [1.165, 1.54) is 11.8 Å². The summed E-state index contributed by atoms with van der Waals surface area (Å²) in [7, 11) is 0. The Bertz CT molecular complexity index is 808. The third kappa shape index (κ3) is 4.33. The third-order valence-electron chi connectivity index (χ3n) is 3.15. The van der Waals surface area contributed by atoms with Crippen LogP contribution in [0.3, 0.4) is 0 Å². The number of thioether (sulfide) groups is 1. The summed E-state index contributed by atoms with van der Waals surface area (Å²) in [6, 6.07) is 12.9. The maximum atomic E-state index is 11.9. The molecule has 0 spiro atoms. The van der Waals surface area contributed by atoms with Gasteiger partial charge in [-0.3, -0.25) is 4.79 Å². The van der Waals surface area contributed by atoms with E-state index >= 15 is 0 Å². The molecule has 2 aromatic heterocycles. The second-order valence-electron chi connectivity index (χ2n) is 4.84. The van der Waals surface area contributed by atoms with Crippen molar-refractivity contribution in [1.29, 1.82) is 0 Å². The highest BCUT2D eigenvalue weighted by Gasteiger charge is 2.06. The van der Waals surface area contributed by atoms with Gasteiger partial charge in [-0.05, 0) is 29.8 Å². The van der Waals surface area contributed by atoms with Crippen molar-refractivity contribution in [2.45, 2.75) is 11.6 Å². The molecule has 0 aliphatic carbocycles. The molecule has 0 atom stereocenters. The van der Waals surface area contributed by atoms with Crippen molar-refractivity contribution in [3.63, 3.8) is 0 Å². The Morgan fingerprint density at radius 1 is 1.17 bits per heavy atom. The number of hydrogen-bond donors (Lipinski definition) is 1. The van der Waals surface area contributed by atoms with E-state index in [9.17, 15) is 4.79 Å². The lowest BCUT2D eigenvalue weighted by molar-refractivity contribution is -0.118. The molecule has 8 heteroatoms. The van der Waals surface area contributed by atoms with Crippen LogP contribution in [0.4, 0.5) is 0 Å². The minimum absolute atomic E-state index is 0.0853. The van der Waals surface area contributed by atoms with Gasteiger partial charge < -0.3 is 5.32 Å². The summed E-state index contributed by atoms with van der Waals surface area (Å²) in [5, 5.41) is 16.4. The van der Waals surface area contributed by atoms with Crippen LogP contribution in [-0.4, -0.2) is 31.6 Å². The maximum Gasteiger partial charge on any atom is 0.230 e. The van der Waals surface area contributed by atoms with Gasteiger partial charge in [0.25, 0.3) is 0 Å². The Morgan fingerprint density at radius 2 is 2.04 bits per heavy atom. The van der Waals surface area contributed by atoms with Crippen LogP contribution in [0.15, 0.2) is 59.9 Å². The van der Waals surface area contributed by atoms with Crippen molar-refractivity contribution in [3.05, 3.63) is 65.4 Å². The fourth-order valence-electron chi connectivity index (χ4n) is 1.94. The summed E-state index contributed by atoms with van der Waals surface area (Å²) in [6.07, 6.45) is 3.46. The third-order valence-corrected chi connectivity index (χ3v) is 4.44. The first-order valence-electron chi connectivity index (χ1n) is 7.19. The number of nitrogens with one attached hydrogen (secondary N) is 1. The first kappa shape index (κ1) is 16.5. The summed E-state index contributed by atoms with van der Waals surface area (Å²) in [5.41, 5.74) is 0.890. The van der Waals surface area contributed by atoms with Gasteiger partial charge in [-0.1, -0.05) is 41.6 Å². The molecule has 1 amide bonds. The molecular weight excluding hydrogens is 346 g/mol. The lowest BCUT2D eigenvalue weighted by atomic mass is 10.2. The largest absolute Gasteiger partial charge is 0.351 e. The first-order chi connectivity index (χ1) is 11.7. The fraction of sp³-hybridized carbons (Fsp3) is 0.125. The second kappa shape index (κ2) is 7.94. The van der Waals surface area contributed by atoms with Gasteiger partial charge in [0.2, 0.25) is 5.91 Å². The Morgan fingerprint density at radius 3 is 2.75 bits per heavy atom. The molecule has 0 radical (unpaired) electrons. The number of halogens is 1. The molecule has 3 rings (SSSR count). The van der Waals surface area contributed by atoms with Gasteiger partial charge >= 0.3 is 0 Å². The molecular formula is C16H14ClN5OS. The molecule has 2 heterocycles. The topological polar surface area (TPSA) is 72.7 Å². The summed E-state index contributed by atoms with van der Waals surface area (Å²) in [4.78, 5) is 11.9. The van der Waals surface area contributed by atoms with E-state index in [0.29, 0.717) is 22.4 Å². The van der Waals surface area contributed by atoms with E-state index in [2.05, 4.69) is 20.6 Å². The zero-order chi connectivity index (χ0) is 16.8. The van der Waals surface area contributed by atoms with E-state index in [1.54, 1.807) is 23.1 Å². The molecule has 0 saturated heterocycles. The quantitative estimate of drug-likeness (QED) is 0.685. The molecule has 6 nitrogen and oxygen atoms in total. The number of nitrogens with zero attached hydrogens (tertiary/aromatic N) is 4. The smallest absolute Gasteiger partial charge is 0.230 e. The fourth-order valence-corrected chi connectivity index (χ4v) is 2.79. The molecule has 0 saturated carbocycles. The molecule has 122 valence electrons. The van der Waals surface area contributed by atoms with Gasteiger partial charge in [-0.15, -0.1) is 10.2 Å². The highest BCUT2D eigenvalue weighted by atomic mass is 35.5. The van der Waals surface area contributed by atoms with E-state index in [4.69, 9.17) is 11.6 Å². The number of carbonyl (C=O) groups is 1. The molecule has 24 heavy (non-hydrogen) atoms. The predicted molar refractivity (Wildman–Crippen MR) is 93.2 cm³/mol. The number of benzene rings is 1. The van der Waals surface area contributed by atoms with Crippen molar-refractivity contribution in [2.75, 3.05) is 5.75 Å². The molecule has 0 unspecified atom stereocenters. The van der Waals surface area contributed by atoms with Crippen molar-refractivity contribution >= 4 is 29.3 Å². The molecule has 0 bridgehead atoms. The van der Waals surface area contributed by atoms with Crippen molar-refractivity contribution in [3.8, 4) is 5.82 Å². The number of carbonyl (C=O) groups excluding carboxylic acids is 1. The Hall–Kier alpha value is -2.38. The zero-order valence-corrected chi connectivity index (χ0v) is 14.2. The summed E-state index contributed by atoms with van der Waals surface area (Å²) in [5.74, 6) is 0.811. The average Bonchev–Trinajstić information content (AvgIpc) is 3.14. The van der Waals surface area contributed by atoms with Crippen molar-refractivity contribution in [1.82, 2.24) is 25.3 Å². The van der Waals surface area contributed by atoms with Crippen molar-refractivity contribution in [2.24, 2.45) is 0 Å². The van der Waals surface area contributed by atoms with Gasteiger partial charge in [-0.2, -0.15) is 5.10 Å². The maximum absolute atomic E-state index is 11.9. The minimum atomic E-state index is -0.0853.